The standard InChI is InChI=1S/C37H40F3N3O4/c1-23(45)42-21-28-19-30(26-10-8-24(9-11-26)5-4-18-47-36-32(39)15-14-31(38)35(36)40)34(33(22-42)41-28)37(46)43(29-12-13-29)20-27-7-3-2-6-25(27)16-17-44/h2-3,6-11,14-15,28-29,33,41,44H,4-5,12-13,16-22H2,1H3/t28?,33-/m1/s1. The average Bonchev–Trinajstić information content (AvgIpc) is 3.91. The number of halogens is 3. The minimum absolute atomic E-state index is 0.00932. The van der Waals surface area contributed by atoms with E-state index in [1.165, 1.54) is 0 Å². The van der Waals surface area contributed by atoms with Crippen LogP contribution in [-0.4, -0.2) is 71.1 Å². The van der Waals surface area contributed by atoms with Crippen LogP contribution in [0, 0.1) is 17.5 Å². The number of nitrogens with one attached hydrogen (secondary N) is 1. The first-order valence-corrected chi connectivity index (χ1v) is 16.3. The van der Waals surface area contributed by atoms with Gasteiger partial charge in [-0.15, -0.1) is 0 Å². The molecule has 2 N–H and O–H groups in total. The fraction of sp³-hybridized carbons (Fsp3) is 0.405. The maximum Gasteiger partial charge on any atom is 0.252 e. The Hall–Kier alpha value is -4.15. The van der Waals surface area contributed by atoms with Gasteiger partial charge in [-0.3, -0.25) is 9.59 Å². The van der Waals surface area contributed by atoms with Gasteiger partial charge in [-0.25, -0.2) is 8.78 Å². The van der Waals surface area contributed by atoms with Crippen molar-refractivity contribution in [2.75, 3.05) is 26.3 Å². The van der Waals surface area contributed by atoms with Gasteiger partial charge < -0.3 is 25.0 Å². The van der Waals surface area contributed by atoms with E-state index in [2.05, 4.69) is 5.32 Å². The maximum atomic E-state index is 14.6. The number of nitrogens with zero attached hydrogens (tertiary/aromatic N) is 2. The van der Waals surface area contributed by atoms with Crippen molar-refractivity contribution >= 4 is 17.4 Å². The summed E-state index contributed by atoms with van der Waals surface area (Å²) in [5, 5.41) is 13.2. The molecule has 3 aromatic rings. The molecule has 0 aromatic heterocycles. The van der Waals surface area contributed by atoms with Gasteiger partial charge in [-0.05, 0) is 78.5 Å². The molecule has 0 radical (unpaired) electrons. The molecule has 1 unspecified atom stereocenters. The lowest BCUT2D eigenvalue weighted by atomic mass is 9.82. The zero-order valence-electron chi connectivity index (χ0n) is 26.5. The van der Waals surface area contributed by atoms with Crippen LogP contribution in [0.1, 0.15) is 54.9 Å². The molecular weight excluding hydrogens is 607 g/mol. The molecule has 2 fully saturated rings. The lowest BCUT2D eigenvalue weighted by molar-refractivity contribution is -0.132. The largest absolute Gasteiger partial charge is 0.488 e. The van der Waals surface area contributed by atoms with Gasteiger partial charge in [0.1, 0.15) is 0 Å². The molecule has 3 aliphatic rings. The second kappa shape index (κ2) is 14.3. The van der Waals surface area contributed by atoms with Crippen LogP contribution in [0.4, 0.5) is 13.2 Å². The summed E-state index contributed by atoms with van der Waals surface area (Å²) in [6.45, 7) is 3.06. The predicted octanol–water partition coefficient (Wildman–Crippen LogP) is 5.19. The van der Waals surface area contributed by atoms with E-state index in [1.54, 1.807) is 6.92 Å². The van der Waals surface area contributed by atoms with Crippen LogP contribution in [0.5, 0.6) is 5.75 Å². The number of aliphatic hydroxyl groups is 1. The van der Waals surface area contributed by atoms with Crippen molar-refractivity contribution in [2.45, 2.75) is 70.1 Å². The molecule has 2 amide bonds. The van der Waals surface area contributed by atoms with Crippen molar-refractivity contribution < 1.29 is 32.6 Å². The summed E-state index contributed by atoms with van der Waals surface area (Å²) in [5.74, 6) is -4.18. The van der Waals surface area contributed by atoms with Crippen molar-refractivity contribution in [3.05, 3.63) is 106 Å². The topological polar surface area (TPSA) is 82.1 Å². The number of amides is 2. The summed E-state index contributed by atoms with van der Waals surface area (Å²) in [4.78, 5) is 30.8. The monoisotopic (exact) mass is 647 g/mol. The van der Waals surface area contributed by atoms with E-state index in [1.807, 2.05) is 58.3 Å². The SMILES string of the molecule is CC(=O)N1CC2CC(c3ccc(CCCOc4c(F)ccc(F)c4F)cc3)=C(C(=O)N(Cc3ccccc3CCO)C3CC3)[C@@H](C1)N2. The molecule has 248 valence electrons. The molecule has 1 aliphatic carbocycles. The Bertz CT molecular complexity index is 1660. The first-order valence-electron chi connectivity index (χ1n) is 16.3. The predicted molar refractivity (Wildman–Crippen MR) is 172 cm³/mol. The van der Waals surface area contributed by atoms with E-state index in [9.17, 15) is 27.9 Å². The van der Waals surface area contributed by atoms with Crippen LogP contribution in [0.15, 0.2) is 66.2 Å². The molecular formula is C37H40F3N3O4. The molecule has 1 saturated heterocycles. The van der Waals surface area contributed by atoms with Crippen LogP contribution < -0.4 is 10.1 Å². The third-order valence-corrected chi connectivity index (χ3v) is 9.33. The number of carbonyl (C=O) groups excluding carboxylic acids is 2. The molecule has 2 heterocycles. The van der Waals surface area contributed by atoms with Crippen molar-refractivity contribution in [1.29, 1.82) is 0 Å². The third kappa shape index (κ3) is 7.39. The summed E-state index contributed by atoms with van der Waals surface area (Å²) in [6, 6.07) is 17.3. The van der Waals surface area contributed by atoms with Gasteiger partial charge in [-0.2, -0.15) is 4.39 Å². The van der Waals surface area contributed by atoms with Crippen LogP contribution in [-0.2, 0) is 29.0 Å². The zero-order chi connectivity index (χ0) is 33.1. The average molecular weight is 648 g/mol. The summed E-state index contributed by atoms with van der Waals surface area (Å²) >= 11 is 0. The molecule has 3 aromatic carbocycles. The second-order valence-electron chi connectivity index (χ2n) is 12.7. The highest BCUT2D eigenvalue weighted by Crippen LogP contribution is 2.38. The second-order valence-corrected chi connectivity index (χ2v) is 12.7. The highest BCUT2D eigenvalue weighted by atomic mass is 19.2. The number of hydrogen-bond acceptors (Lipinski definition) is 5. The molecule has 0 spiro atoms. The van der Waals surface area contributed by atoms with E-state index in [-0.39, 0.29) is 43.2 Å². The minimum atomic E-state index is -1.33. The molecule has 47 heavy (non-hydrogen) atoms. The summed E-state index contributed by atoms with van der Waals surface area (Å²) in [6.07, 6.45) is 4.03. The van der Waals surface area contributed by atoms with Gasteiger partial charge in [0.2, 0.25) is 11.7 Å². The smallest absolute Gasteiger partial charge is 0.252 e. The Labute approximate surface area is 273 Å². The molecule has 6 rings (SSSR count). The molecule has 2 aliphatic heterocycles. The zero-order valence-corrected chi connectivity index (χ0v) is 26.5. The lowest BCUT2D eigenvalue weighted by Gasteiger charge is -2.44. The van der Waals surface area contributed by atoms with E-state index in [0.29, 0.717) is 50.9 Å². The van der Waals surface area contributed by atoms with Gasteiger partial charge in [-0.1, -0.05) is 48.5 Å². The van der Waals surface area contributed by atoms with Gasteiger partial charge in [0.25, 0.3) is 5.91 Å². The molecule has 7 nitrogen and oxygen atoms in total. The molecule has 2 bridgehead atoms. The fourth-order valence-electron chi connectivity index (χ4n) is 6.76. The van der Waals surface area contributed by atoms with Gasteiger partial charge in [0.15, 0.2) is 17.4 Å². The highest BCUT2D eigenvalue weighted by molar-refractivity contribution is 6.03. The number of aryl methyl sites for hydroxylation is 1. The van der Waals surface area contributed by atoms with Crippen LogP contribution >= 0.6 is 0 Å². The molecule has 2 atom stereocenters. The van der Waals surface area contributed by atoms with Crippen molar-refractivity contribution in [2.24, 2.45) is 0 Å². The highest BCUT2D eigenvalue weighted by Gasteiger charge is 2.43. The Balaban J connectivity index is 1.24. The lowest BCUT2D eigenvalue weighted by Crippen LogP contribution is -2.61. The number of fused-ring (bicyclic) bond motifs is 2. The summed E-state index contributed by atoms with van der Waals surface area (Å²) in [7, 11) is 0. The fourth-order valence-corrected chi connectivity index (χ4v) is 6.76. The summed E-state index contributed by atoms with van der Waals surface area (Å²) in [5.41, 5.74) is 5.66. The number of hydrogen-bond donors (Lipinski definition) is 2. The Morgan fingerprint density at radius 1 is 0.957 bits per heavy atom. The van der Waals surface area contributed by atoms with Gasteiger partial charge >= 0.3 is 0 Å². The van der Waals surface area contributed by atoms with Gasteiger partial charge in [0, 0.05) is 50.8 Å². The van der Waals surface area contributed by atoms with E-state index < -0.39 is 23.2 Å². The number of piperazine rings is 1. The van der Waals surface area contributed by atoms with Crippen LogP contribution in [0.2, 0.25) is 0 Å². The molecule has 10 heteroatoms. The third-order valence-electron chi connectivity index (χ3n) is 9.33. The normalized spacial score (nSPS) is 19.1. The Morgan fingerprint density at radius 3 is 2.38 bits per heavy atom. The summed E-state index contributed by atoms with van der Waals surface area (Å²) < 4.78 is 46.5. The van der Waals surface area contributed by atoms with E-state index >= 15 is 0 Å². The van der Waals surface area contributed by atoms with E-state index in [4.69, 9.17) is 4.74 Å². The Kier molecular flexibility index (Phi) is 9.98. The number of rotatable bonds is 12. The molecule has 1 saturated carbocycles. The van der Waals surface area contributed by atoms with Crippen molar-refractivity contribution in [3.63, 3.8) is 0 Å². The first-order chi connectivity index (χ1) is 22.7. The Morgan fingerprint density at radius 2 is 1.68 bits per heavy atom. The van der Waals surface area contributed by atoms with Crippen molar-refractivity contribution in [1.82, 2.24) is 15.1 Å². The van der Waals surface area contributed by atoms with Crippen LogP contribution in [0.3, 0.4) is 0 Å². The number of aliphatic hydroxyl groups excluding tert-OH is 1. The van der Waals surface area contributed by atoms with Crippen LogP contribution in [0.25, 0.3) is 5.57 Å². The maximum absolute atomic E-state index is 14.6. The quantitative estimate of drug-likeness (QED) is 0.209. The number of benzene rings is 3. The number of ether oxygens (including phenoxy) is 1. The van der Waals surface area contributed by atoms with E-state index in [0.717, 1.165) is 52.8 Å². The van der Waals surface area contributed by atoms with Gasteiger partial charge in [0.05, 0.1) is 12.6 Å². The minimum Gasteiger partial charge on any atom is -0.488 e. The van der Waals surface area contributed by atoms with Crippen molar-refractivity contribution in [3.8, 4) is 5.75 Å². The first kappa shape index (κ1) is 32.8. The number of carbonyl (C=O) groups is 2.